The number of nitrogens with zero attached hydrogens (tertiary/aromatic N) is 4. The van der Waals surface area contributed by atoms with E-state index in [9.17, 15) is 13.2 Å². The lowest BCUT2D eigenvalue weighted by Crippen LogP contribution is -2.53. The number of sulfonamides is 1. The van der Waals surface area contributed by atoms with Crippen molar-refractivity contribution in [3.63, 3.8) is 0 Å². The standard InChI is InChI=1S/C20H32N4O3S/c1-17(2)18-4-6-19(7-5-18)28(26,27)24-14-10-22(11-15-24)16-20(25)23-12-8-21(3)9-13-23/h4-7,17H,8-16H2,1-3H3. The van der Waals surface area contributed by atoms with E-state index in [0.717, 1.165) is 31.7 Å². The van der Waals surface area contributed by atoms with Crippen LogP contribution in [0.2, 0.25) is 0 Å². The van der Waals surface area contributed by atoms with E-state index < -0.39 is 10.0 Å². The van der Waals surface area contributed by atoms with E-state index in [0.29, 0.717) is 43.5 Å². The highest BCUT2D eigenvalue weighted by Gasteiger charge is 2.30. The first-order chi connectivity index (χ1) is 13.3. The molecule has 7 nitrogen and oxygen atoms in total. The fourth-order valence-corrected chi connectivity index (χ4v) is 5.07. The summed E-state index contributed by atoms with van der Waals surface area (Å²) in [6, 6.07) is 7.19. The number of hydrogen-bond donors (Lipinski definition) is 0. The third kappa shape index (κ3) is 4.92. The van der Waals surface area contributed by atoms with Crippen LogP contribution in [0.15, 0.2) is 29.2 Å². The third-order valence-corrected chi connectivity index (χ3v) is 7.64. The summed E-state index contributed by atoms with van der Waals surface area (Å²) in [5, 5.41) is 0. The van der Waals surface area contributed by atoms with Crippen LogP contribution in [-0.2, 0) is 14.8 Å². The number of carbonyl (C=O) groups excluding carboxylic acids is 1. The van der Waals surface area contributed by atoms with Gasteiger partial charge in [0.2, 0.25) is 15.9 Å². The van der Waals surface area contributed by atoms with Crippen LogP contribution in [0, 0.1) is 0 Å². The van der Waals surface area contributed by atoms with Crippen molar-refractivity contribution in [1.82, 2.24) is 19.0 Å². The number of amides is 1. The lowest BCUT2D eigenvalue weighted by atomic mass is 10.0. The van der Waals surface area contributed by atoms with Crippen LogP contribution in [0.5, 0.6) is 0 Å². The first-order valence-corrected chi connectivity index (χ1v) is 11.5. The molecule has 0 unspecified atom stereocenters. The Kier molecular flexibility index (Phi) is 6.75. The van der Waals surface area contributed by atoms with Crippen LogP contribution in [0.25, 0.3) is 0 Å². The molecule has 2 aliphatic rings. The van der Waals surface area contributed by atoms with Gasteiger partial charge < -0.3 is 9.80 Å². The summed E-state index contributed by atoms with van der Waals surface area (Å²) in [6.45, 7) is 9.94. The van der Waals surface area contributed by atoms with Crippen LogP contribution in [0.3, 0.4) is 0 Å². The molecule has 0 atom stereocenters. The quantitative estimate of drug-likeness (QED) is 0.724. The molecule has 0 aromatic heterocycles. The Morgan fingerprint density at radius 1 is 0.929 bits per heavy atom. The fourth-order valence-electron chi connectivity index (χ4n) is 3.65. The minimum Gasteiger partial charge on any atom is -0.339 e. The molecule has 28 heavy (non-hydrogen) atoms. The molecule has 0 spiro atoms. The molecule has 1 amide bonds. The highest BCUT2D eigenvalue weighted by atomic mass is 32.2. The maximum absolute atomic E-state index is 12.9. The zero-order valence-electron chi connectivity index (χ0n) is 17.2. The van der Waals surface area contributed by atoms with Gasteiger partial charge in [-0.2, -0.15) is 4.31 Å². The van der Waals surface area contributed by atoms with Gasteiger partial charge in [0.1, 0.15) is 0 Å². The van der Waals surface area contributed by atoms with Crippen molar-refractivity contribution in [2.24, 2.45) is 0 Å². The molecule has 0 aliphatic carbocycles. The molecule has 2 fully saturated rings. The summed E-state index contributed by atoms with van der Waals surface area (Å²) in [5.74, 6) is 0.520. The Bertz CT molecular complexity index is 763. The summed E-state index contributed by atoms with van der Waals surface area (Å²) in [4.78, 5) is 19.0. The maximum Gasteiger partial charge on any atom is 0.243 e. The van der Waals surface area contributed by atoms with Crippen molar-refractivity contribution >= 4 is 15.9 Å². The summed E-state index contributed by atoms with van der Waals surface area (Å²) >= 11 is 0. The maximum atomic E-state index is 12.9. The molecule has 8 heteroatoms. The lowest BCUT2D eigenvalue weighted by molar-refractivity contribution is -0.134. The number of rotatable bonds is 5. The summed E-state index contributed by atoms with van der Waals surface area (Å²) in [5.41, 5.74) is 1.13. The van der Waals surface area contributed by atoms with E-state index in [2.05, 4.69) is 30.7 Å². The second-order valence-corrected chi connectivity index (χ2v) is 10.0. The molecule has 2 heterocycles. The van der Waals surface area contributed by atoms with Gasteiger partial charge >= 0.3 is 0 Å². The molecular formula is C20H32N4O3S. The van der Waals surface area contributed by atoms with Gasteiger partial charge in [0.15, 0.2) is 0 Å². The summed E-state index contributed by atoms with van der Waals surface area (Å²) in [7, 11) is -1.41. The van der Waals surface area contributed by atoms with Gasteiger partial charge in [-0.25, -0.2) is 8.42 Å². The molecule has 2 saturated heterocycles. The Morgan fingerprint density at radius 2 is 1.50 bits per heavy atom. The van der Waals surface area contributed by atoms with Gasteiger partial charge in [-0.1, -0.05) is 26.0 Å². The van der Waals surface area contributed by atoms with Gasteiger partial charge in [-0.3, -0.25) is 9.69 Å². The molecule has 0 bridgehead atoms. The van der Waals surface area contributed by atoms with Crippen LogP contribution >= 0.6 is 0 Å². The van der Waals surface area contributed by atoms with Crippen molar-refractivity contribution in [2.45, 2.75) is 24.7 Å². The van der Waals surface area contributed by atoms with Crippen molar-refractivity contribution in [1.29, 1.82) is 0 Å². The molecule has 3 rings (SSSR count). The topological polar surface area (TPSA) is 64.2 Å². The smallest absolute Gasteiger partial charge is 0.243 e. The van der Waals surface area contributed by atoms with Gasteiger partial charge in [0.05, 0.1) is 11.4 Å². The fraction of sp³-hybridized carbons (Fsp3) is 0.650. The van der Waals surface area contributed by atoms with Crippen LogP contribution in [0.4, 0.5) is 0 Å². The number of hydrogen-bond acceptors (Lipinski definition) is 5. The Balaban J connectivity index is 1.53. The average molecular weight is 409 g/mol. The molecular weight excluding hydrogens is 376 g/mol. The lowest BCUT2D eigenvalue weighted by Gasteiger charge is -2.36. The molecule has 156 valence electrons. The third-order valence-electron chi connectivity index (χ3n) is 5.73. The first kappa shape index (κ1) is 21.2. The van der Waals surface area contributed by atoms with E-state index in [4.69, 9.17) is 0 Å². The zero-order chi connectivity index (χ0) is 20.3. The monoisotopic (exact) mass is 408 g/mol. The van der Waals surface area contributed by atoms with Gasteiger partial charge in [-0.15, -0.1) is 0 Å². The van der Waals surface area contributed by atoms with Gasteiger partial charge in [-0.05, 0) is 30.7 Å². The molecule has 0 N–H and O–H groups in total. The van der Waals surface area contributed by atoms with E-state index in [1.807, 2.05) is 17.0 Å². The predicted molar refractivity (Wildman–Crippen MR) is 110 cm³/mol. The van der Waals surface area contributed by atoms with E-state index in [1.54, 1.807) is 12.1 Å². The Labute approximate surface area is 168 Å². The number of piperazine rings is 2. The van der Waals surface area contributed by atoms with Gasteiger partial charge in [0.25, 0.3) is 0 Å². The molecule has 2 aliphatic heterocycles. The molecule has 1 aromatic carbocycles. The van der Waals surface area contributed by atoms with Crippen LogP contribution in [0.1, 0.15) is 25.3 Å². The molecule has 0 saturated carbocycles. The van der Waals surface area contributed by atoms with Crippen LogP contribution in [-0.4, -0.2) is 99.3 Å². The van der Waals surface area contributed by atoms with Crippen molar-refractivity contribution < 1.29 is 13.2 Å². The SMILES string of the molecule is CC(C)c1ccc(S(=O)(=O)N2CCN(CC(=O)N3CCN(C)CC3)CC2)cc1. The molecule has 1 aromatic rings. The van der Waals surface area contributed by atoms with E-state index >= 15 is 0 Å². The summed E-state index contributed by atoms with van der Waals surface area (Å²) < 4.78 is 27.3. The number of benzene rings is 1. The predicted octanol–water partition coefficient (Wildman–Crippen LogP) is 0.890. The highest BCUT2D eigenvalue weighted by molar-refractivity contribution is 7.89. The summed E-state index contributed by atoms with van der Waals surface area (Å²) in [6.07, 6.45) is 0. The zero-order valence-corrected chi connectivity index (χ0v) is 18.0. The Hall–Kier alpha value is -1.48. The van der Waals surface area contributed by atoms with Crippen molar-refractivity contribution in [3.05, 3.63) is 29.8 Å². The number of likely N-dealkylation sites (N-methyl/N-ethyl adjacent to an activating group) is 1. The minimum atomic E-state index is -3.48. The van der Waals surface area contributed by atoms with Crippen LogP contribution < -0.4 is 0 Å². The normalized spacial score (nSPS) is 20.6. The second kappa shape index (κ2) is 8.90. The second-order valence-electron chi connectivity index (χ2n) is 8.09. The van der Waals surface area contributed by atoms with Gasteiger partial charge in [0, 0.05) is 52.4 Å². The van der Waals surface area contributed by atoms with E-state index in [-0.39, 0.29) is 5.91 Å². The number of carbonyl (C=O) groups is 1. The van der Waals surface area contributed by atoms with Crippen molar-refractivity contribution in [2.75, 3.05) is 66.0 Å². The molecule has 0 radical (unpaired) electrons. The largest absolute Gasteiger partial charge is 0.339 e. The van der Waals surface area contributed by atoms with Crippen molar-refractivity contribution in [3.8, 4) is 0 Å². The average Bonchev–Trinajstić information content (AvgIpc) is 2.69. The first-order valence-electron chi connectivity index (χ1n) is 10.1. The minimum absolute atomic E-state index is 0.147. The highest BCUT2D eigenvalue weighted by Crippen LogP contribution is 2.21. The Morgan fingerprint density at radius 3 is 2.04 bits per heavy atom. The van der Waals surface area contributed by atoms with E-state index in [1.165, 1.54) is 4.31 Å².